The predicted octanol–water partition coefficient (Wildman–Crippen LogP) is 5.50. The molecular weight excluding hydrogens is 473 g/mol. The second-order valence-electron chi connectivity index (χ2n) is 9.41. The van der Waals surface area contributed by atoms with Crippen molar-refractivity contribution >= 4 is 23.0 Å². The third-order valence-corrected chi connectivity index (χ3v) is 6.98. The average Bonchev–Trinajstić information content (AvgIpc) is 2.89. The molecule has 1 aliphatic heterocycles. The van der Waals surface area contributed by atoms with Crippen molar-refractivity contribution < 1.29 is 22.7 Å². The van der Waals surface area contributed by atoms with Crippen LogP contribution in [0.1, 0.15) is 36.8 Å². The molecular formula is C26H31F3N4O3. The zero-order chi connectivity index (χ0) is 25.7. The standard InChI is InChI=1S/C26H31F3N4O3/c1-18-15-24(31-35)22(26(27,28)29)16-23(18)30-19-7-9-21(10-8-19)36-17-25(34)33-13-11-32(12-14-33)20-5-3-2-4-6-20/h2-6,15-16,19,21,30H,7-14,17H2,1H3. The average molecular weight is 505 g/mol. The van der Waals surface area contributed by atoms with Crippen molar-refractivity contribution in [3.63, 3.8) is 0 Å². The van der Waals surface area contributed by atoms with Crippen LogP contribution >= 0.6 is 0 Å². The highest BCUT2D eigenvalue weighted by molar-refractivity contribution is 5.77. The Bertz CT molecular complexity index is 1050. The van der Waals surface area contributed by atoms with E-state index in [4.69, 9.17) is 4.74 Å². The number of hydrogen-bond donors (Lipinski definition) is 1. The van der Waals surface area contributed by atoms with Crippen LogP contribution in [0, 0.1) is 11.8 Å². The summed E-state index contributed by atoms with van der Waals surface area (Å²) in [4.78, 5) is 27.6. The molecule has 0 aromatic heterocycles. The number of rotatable bonds is 7. The van der Waals surface area contributed by atoms with Crippen molar-refractivity contribution in [3.8, 4) is 0 Å². The van der Waals surface area contributed by atoms with E-state index in [1.165, 1.54) is 0 Å². The van der Waals surface area contributed by atoms with Crippen LogP contribution < -0.4 is 10.2 Å². The third kappa shape index (κ3) is 6.34. The van der Waals surface area contributed by atoms with Gasteiger partial charge in [-0.15, -0.1) is 4.91 Å². The zero-order valence-corrected chi connectivity index (χ0v) is 20.3. The van der Waals surface area contributed by atoms with E-state index >= 15 is 0 Å². The molecule has 0 bridgehead atoms. The molecule has 194 valence electrons. The molecule has 0 radical (unpaired) electrons. The van der Waals surface area contributed by atoms with Crippen molar-refractivity contribution in [1.82, 2.24) is 4.90 Å². The number of halogens is 3. The molecule has 2 aliphatic rings. The largest absolute Gasteiger partial charge is 0.418 e. The van der Waals surface area contributed by atoms with Gasteiger partial charge in [0.05, 0.1) is 11.7 Å². The fourth-order valence-corrected chi connectivity index (χ4v) is 4.88. The smallest absolute Gasteiger partial charge is 0.382 e. The Morgan fingerprint density at radius 3 is 2.33 bits per heavy atom. The maximum atomic E-state index is 13.3. The third-order valence-electron chi connectivity index (χ3n) is 6.98. The van der Waals surface area contributed by atoms with E-state index < -0.39 is 17.4 Å². The fraction of sp³-hybridized carbons (Fsp3) is 0.500. The monoisotopic (exact) mass is 504 g/mol. The Labute approximate surface area is 208 Å². The van der Waals surface area contributed by atoms with E-state index in [1.807, 2.05) is 23.1 Å². The number of benzene rings is 2. The minimum Gasteiger partial charge on any atom is -0.382 e. The van der Waals surface area contributed by atoms with Crippen molar-refractivity contribution in [2.24, 2.45) is 5.18 Å². The summed E-state index contributed by atoms with van der Waals surface area (Å²) >= 11 is 0. The second kappa shape index (κ2) is 11.3. The van der Waals surface area contributed by atoms with Gasteiger partial charge in [-0.1, -0.05) is 18.2 Å². The number of piperazine rings is 1. The molecule has 10 heteroatoms. The Kier molecular flexibility index (Phi) is 8.13. The molecule has 1 aliphatic carbocycles. The second-order valence-corrected chi connectivity index (χ2v) is 9.41. The van der Waals surface area contributed by atoms with Crippen LogP contribution in [0.5, 0.6) is 0 Å². The number of aryl methyl sites for hydroxylation is 1. The first-order valence-electron chi connectivity index (χ1n) is 12.3. The van der Waals surface area contributed by atoms with E-state index in [-0.39, 0.29) is 24.7 Å². The van der Waals surface area contributed by atoms with Gasteiger partial charge in [-0.25, -0.2) is 0 Å². The molecule has 0 unspecified atom stereocenters. The van der Waals surface area contributed by atoms with Crippen LogP contribution in [0.25, 0.3) is 0 Å². The summed E-state index contributed by atoms with van der Waals surface area (Å²) in [5, 5.41) is 5.72. The van der Waals surface area contributed by atoms with Gasteiger partial charge >= 0.3 is 6.18 Å². The molecule has 2 aromatic carbocycles. The number of carbonyl (C=O) groups is 1. The highest BCUT2D eigenvalue weighted by Gasteiger charge is 2.35. The number of carbonyl (C=O) groups excluding carboxylic acids is 1. The number of alkyl halides is 3. The van der Waals surface area contributed by atoms with Crippen LogP contribution in [0.4, 0.5) is 30.2 Å². The molecule has 36 heavy (non-hydrogen) atoms. The lowest BCUT2D eigenvalue weighted by molar-refractivity contribution is -0.139. The first kappa shape index (κ1) is 25.9. The van der Waals surface area contributed by atoms with Crippen molar-refractivity contribution in [2.45, 2.75) is 50.9 Å². The van der Waals surface area contributed by atoms with Gasteiger partial charge < -0.3 is 19.9 Å². The van der Waals surface area contributed by atoms with E-state index in [1.54, 1.807) is 6.92 Å². The van der Waals surface area contributed by atoms with E-state index in [0.717, 1.165) is 30.9 Å². The summed E-state index contributed by atoms with van der Waals surface area (Å²) in [5.74, 6) is -0.0119. The lowest BCUT2D eigenvalue weighted by atomic mass is 9.92. The van der Waals surface area contributed by atoms with Gasteiger partial charge in [0.2, 0.25) is 5.91 Å². The number of hydrogen-bond acceptors (Lipinski definition) is 6. The minimum absolute atomic E-state index is 0.0119. The minimum atomic E-state index is -4.65. The number of nitrogens with one attached hydrogen (secondary N) is 1. The number of para-hydroxylation sites is 1. The SMILES string of the molecule is Cc1cc(N=O)c(C(F)(F)F)cc1NC1CCC(OCC(=O)N2CCN(c3ccccc3)CC2)CC1. The van der Waals surface area contributed by atoms with Crippen molar-refractivity contribution in [2.75, 3.05) is 43.0 Å². The zero-order valence-electron chi connectivity index (χ0n) is 20.3. The van der Waals surface area contributed by atoms with E-state index in [2.05, 4.69) is 27.5 Å². The molecule has 1 amide bonds. The maximum absolute atomic E-state index is 13.3. The number of nitrogens with zero attached hydrogens (tertiary/aromatic N) is 3. The van der Waals surface area contributed by atoms with Crippen LogP contribution in [0.15, 0.2) is 47.6 Å². The number of anilines is 2. The number of nitroso groups, excluding NO2 is 1. The van der Waals surface area contributed by atoms with E-state index in [0.29, 0.717) is 50.0 Å². The lowest BCUT2D eigenvalue weighted by Gasteiger charge is -2.36. The molecule has 7 nitrogen and oxygen atoms in total. The molecule has 1 saturated heterocycles. The highest BCUT2D eigenvalue weighted by Crippen LogP contribution is 2.40. The summed E-state index contributed by atoms with van der Waals surface area (Å²) in [6.45, 7) is 4.58. The van der Waals surface area contributed by atoms with Gasteiger partial charge in [-0.3, -0.25) is 4.79 Å². The summed E-state index contributed by atoms with van der Waals surface area (Å²) in [6.07, 6.45) is -1.85. The van der Waals surface area contributed by atoms with Gasteiger partial charge in [-0.2, -0.15) is 13.2 Å². The first-order valence-corrected chi connectivity index (χ1v) is 12.3. The molecule has 0 spiro atoms. The Morgan fingerprint density at radius 1 is 1.06 bits per heavy atom. The molecule has 1 saturated carbocycles. The van der Waals surface area contributed by atoms with Crippen LogP contribution in [-0.4, -0.2) is 55.7 Å². The summed E-state index contributed by atoms with van der Waals surface area (Å²) in [6, 6.07) is 12.3. The van der Waals surface area contributed by atoms with Crippen molar-refractivity contribution in [1.29, 1.82) is 0 Å². The fourth-order valence-electron chi connectivity index (χ4n) is 4.88. The lowest BCUT2D eigenvalue weighted by Crippen LogP contribution is -2.50. The summed E-state index contributed by atoms with van der Waals surface area (Å²) in [7, 11) is 0. The quantitative estimate of drug-likeness (QED) is 0.504. The van der Waals surface area contributed by atoms with Gasteiger partial charge in [0.1, 0.15) is 12.3 Å². The molecule has 4 rings (SSSR count). The molecule has 2 fully saturated rings. The molecule has 2 aromatic rings. The van der Waals surface area contributed by atoms with E-state index in [9.17, 15) is 22.9 Å². The molecule has 0 atom stereocenters. The van der Waals surface area contributed by atoms with Crippen LogP contribution in [0.3, 0.4) is 0 Å². The van der Waals surface area contributed by atoms with Gasteiger partial charge in [0.15, 0.2) is 0 Å². The topological polar surface area (TPSA) is 74.2 Å². The Hall–Kier alpha value is -3.14. The summed E-state index contributed by atoms with van der Waals surface area (Å²) in [5.41, 5.74) is 0.407. The maximum Gasteiger partial charge on any atom is 0.418 e. The predicted molar refractivity (Wildman–Crippen MR) is 132 cm³/mol. The normalized spacial score (nSPS) is 20.8. The first-order chi connectivity index (χ1) is 17.2. The Morgan fingerprint density at radius 2 is 1.72 bits per heavy atom. The van der Waals surface area contributed by atoms with Crippen molar-refractivity contribution in [3.05, 3.63) is 58.5 Å². The van der Waals surface area contributed by atoms with Gasteiger partial charge in [-0.05, 0) is 67.6 Å². The number of amides is 1. The summed E-state index contributed by atoms with van der Waals surface area (Å²) < 4.78 is 45.7. The van der Waals surface area contributed by atoms with Crippen LogP contribution in [0.2, 0.25) is 0 Å². The highest BCUT2D eigenvalue weighted by atomic mass is 19.4. The van der Waals surface area contributed by atoms with Gasteiger partial charge in [0.25, 0.3) is 0 Å². The van der Waals surface area contributed by atoms with Gasteiger partial charge in [0, 0.05) is 43.6 Å². The van der Waals surface area contributed by atoms with Crippen LogP contribution in [-0.2, 0) is 15.7 Å². The number of ether oxygens (including phenoxy) is 1. The Balaban J connectivity index is 1.21. The molecule has 1 N–H and O–H groups in total. The molecule has 1 heterocycles.